The quantitative estimate of drug-likeness (QED) is 0.754. The van der Waals surface area contributed by atoms with Crippen molar-refractivity contribution >= 4 is 25.6 Å². The van der Waals surface area contributed by atoms with Gasteiger partial charge in [0.05, 0.1) is 11.4 Å². The maximum atomic E-state index is 13.8. The van der Waals surface area contributed by atoms with Gasteiger partial charge in [0.2, 0.25) is 10.0 Å². The molecule has 1 fully saturated rings. The third-order valence-corrected chi connectivity index (χ3v) is 6.13. The van der Waals surface area contributed by atoms with Crippen molar-refractivity contribution in [1.82, 2.24) is 4.31 Å². The number of sulfonamides is 1. The van der Waals surface area contributed by atoms with Crippen molar-refractivity contribution in [3.8, 4) is 0 Å². The van der Waals surface area contributed by atoms with Crippen LogP contribution in [0.1, 0.15) is 12.8 Å². The molecule has 0 saturated carbocycles. The number of hydrogen-bond donors (Lipinski definition) is 0. The lowest BCUT2D eigenvalue weighted by atomic mass is 10.1. The van der Waals surface area contributed by atoms with Gasteiger partial charge in [-0.15, -0.1) is 0 Å². The fourth-order valence-electron chi connectivity index (χ4n) is 2.06. The molecule has 0 unspecified atom stereocenters. The van der Waals surface area contributed by atoms with Gasteiger partial charge >= 0.3 is 0 Å². The molecule has 0 atom stereocenters. The van der Waals surface area contributed by atoms with Crippen molar-refractivity contribution < 1.29 is 26.0 Å². The monoisotopic (exact) mass is 335 g/mol. The van der Waals surface area contributed by atoms with Crippen molar-refractivity contribution in [3.05, 3.63) is 24.0 Å². The van der Waals surface area contributed by atoms with Gasteiger partial charge in [-0.25, -0.2) is 21.2 Å². The summed E-state index contributed by atoms with van der Waals surface area (Å²) in [5.41, 5.74) is 0. The molecule has 1 aromatic carbocycles. The first-order valence-electron chi connectivity index (χ1n) is 6.14. The predicted molar refractivity (Wildman–Crippen MR) is 72.5 cm³/mol. The molecule has 1 saturated heterocycles. The molecule has 0 aliphatic carbocycles. The zero-order chi connectivity index (χ0) is 15.8. The Bertz CT molecular complexity index is 786. The number of carbonyl (C=O) groups excluding carboxylic acids is 1. The van der Waals surface area contributed by atoms with Crippen LogP contribution in [0.2, 0.25) is 0 Å². The summed E-state index contributed by atoms with van der Waals surface area (Å²) >= 11 is 0. The number of carbonyl (C=O) groups is 1. The minimum Gasteiger partial charge on any atom is -0.298 e. The second kappa shape index (κ2) is 5.47. The lowest BCUT2D eigenvalue weighted by Crippen LogP contribution is -2.40. The molecule has 0 spiro atoms. The number of nitrogens with zero attached hydrogens (tertiary/aromatic N) is 1. The molecule has 6 nitrogen and oxygen atoms in total. The average molecular weight is 335 g/mol. The summed E-state index contributed by atoms with van der Waals surface area (Å²) in [6.07, 6.45) is 1.56. The van der Waals surface area contributed by atoms with E-state index in [2.05, 4.69) is 0 Å². The minimum atomic E-state index is -4.24. The van der Waals surface area contributed by atoms with Crippen molar-refractivity contribution in [2.24, 2.45) is 0 Å². The normalized spacial score (nSPS) is 17.9. The SMILES string of the molecule is CS(=O)(=O)c1ccc(F)c(S(=O)(=O)N2CCCC(=O)C2)c1. The van der Waals surface area contributed by atoms with Gasteiger partial charge in [0, 0.05) is 19.2 Å². The summed E-state index contributed by atoms with van der Waals surface area (Å²) < 4.78 is 62.4. The van der Waals surface area contributed by atoms with Gasteiger partial charge in [-0.05, 0) is 24.6 Å². The number of piperidine rings is 1. The Morgan fingerprint density at radius 2 is 1.86 bits per heavy atom. The lowest BCUT2D eigenvalue weighted by Gasteiger charge is -2.25. The van der Waals surface area contributed by atoms with Gasteiger partial charge in [0.1, 0.15) is 16.5 Å². The highest BCUT2D eigenvalue weighted by Crippen LogP contribution is 2.24. The highest BCUT2D eigenvalue weighted by molar-refractivity contribution is 7.91. The van der Waals surface area contributed by atoms with E-state index in [1.54, 1.807) is 0 Å². The van der Waals surface area contributed by atoms with E-state index >= 15 is 0 Å². The molecule has 0 aromatic heterocycles. The predicted octanol–water partition coefficient (Wildman–Crippen LogP) is 0.583. The van der Waals surface area contributed by atoms with Crippen molar-refractivity contribution in [3.63, 3.8) is 0 Å². The Balaban J connectivity index is 2.51. The van der Waals surface area contributed by atoms with E-state index in [9.17, 15) is 26.0 Å². The van der Waals surface area contributed by atoms with E-state index in [0.717, 1.165) is 28.8 Å². The Morgan fingerprint density at radius 3 is 2.43 bits per heavy atom. The van der Waals surface area contributed by atoms with Crippen molar-refractivity contribution in [2.45, 2.75) is 22.6 Å². The molecule has 9 heteroatoms. The third-order valence-electron chi connectivity index (χ3n) is 3.16. The first kappa shape index (κ1) is 16.1. The fourth-order valence-corrected chi connectivity index (χ4v) is 4.34. The number of rotatable bonds is 3. The van der Waals surface area contributed by atoms with E-state index in [1.807, 2.05) is 0 Å². The van der Waals surface area contributed by atoms with Gasteiger partial charge in [0.25, 0.3) is 0 Å². The number of hydrogen-bond acceptors (Lipinski definition) is 5. The summed E-state index contributed by atoms with van der Waals surface area (Å²) in [5.74, 6) is -1.29. The van der Waals surface area contributed by atoms with Crippen LogP contribution in [-0.2, 0) is 24.7 Å². The Morgan fingerprint density at radius 1 is 1.19 bits per heavy atom. The molecular weight excluding hydrogens is 321 g/mol. The molecule has 1 aliphatic heterocycles. The van der Waals surface area contributed by atoms with Gasteiger partial charge in [-0.2, -0.15) is 4.31 Å². The number of benzene rings is 1. The Hall–Kier alpha value is -1.32. The van der Waals surface area contributed by atoms with E-state index in [0.29, 0.717) is 6.42 Å². The largest absolute Gasteiger partial charge is 0.298 e. The topological polar surface area (TPSA) is 88.6 Å². The number of Topliss-reactive ketones (excluding diaryl/α,β-unsaturated/α-hetero) is 1. The molecule has 2 rings (SSSR count). The van der Waals surface area contributed by atoms with Gasteiger partial charge in [0.15, 0.2) is 9.84 Å². The van der Waals surface area contributed by atoms with E-state index in [-0.39, 0.29) is 30.2 Å². The summed E-state index contributed by atoms with van der Waals surface area (Å²) in [4.78, 5) is 10.4. The summed E-state index contributed by atoms with van der Waals surface area (Å²) in [6, 6.07) is 2.60. The molecule has 1 aromatic rings. The highest BCUT2D eigenvalue weighted by Gasteiger charge is 2.32. The second-order valence-electron chi connectivity index (χ2n) is 4.85. The van der Waals surface area contributed by atoms with Crippen LogP contribution in [0.15, 0.2) is 28.0 Å². The third kappa shape index (κ3) is 3.30. The van der Waals surface area contributed by atoms with Gasteiger partial charge in [-0.1, -0.05) is 0 Å². The first-order chi connectivity index (χ1) is 9.62. The molecule has 0 radical (unpaired) electrons. The minimum absolute atomic E-state index is 0.108. The van der Waals surface area contributed by atoms with Crippen LogP contribution in [0.3, 0.4) is 0 Å². The standard InChI is InChI=1S/C12H14FNO5S2/c1-20(16,17)10-4-5-11(13)12(7-10)21(18,19)14-6-2-3-9(15)8-14/h4-5,7H,2-3,6,8H2,1H3. The van der Waals surface area contributed by atoms with E-state index < -0.39 is 30.6 Å². The number of halogens is 1. The zero-order valence-corrected chi connectivity index (χ0v) is 12.9. The van der Waals surface area contributed by atoms with Crippen molar-refractivity contribution in [1.29, 1.82) is 0 Å². The Kier molecular flexibility index (Phi) is 4.18. The van der Waals surface area contributed by atoms with Gasteiger partial charge in [-0.3, -0.25) is 4.79 Å². The number of sulfone groups is 1. The van der Waals surface area contributed by atoms with Crippen LogP contribution in [0.4, 0.5) is 4.39 Å². The summed E-state index contributed by atoms with van der Waals surface area (Å²) in [6.45, 7) is -0.207. The van der Waals surface area contributed by atoms with Crippen LogP contribution in [0.5, 0.6) is 0 Å². The van der Waals surface area contributed by atoms with Gasteiger partial charge < -0.3 is 0 Å². The molecule has 0 bridgehead atoms. The molecule has 0 amide bonds. The smallest absolute Gasteiger partial charge is 0.246 e. The fraction of sp³-hybridized carbons (Fsp3) is 0.417. The van der Waals surface area contributed by atoms with Crippen LogP contribution >= 0.6 is 0 Å². The summed E-state index contributed by atoms with van der Waals surface area (Å²) in [5, 5.41) is 0. The van der Waals surface area contributed by atoms with Crippen molar-refractivity contribution in [2.75, 3.05) is 19.3 Å². The average Bonchev–Trinajstić information content (AvgIpc) is 2.37. The van der Waals surface area contributed by atoms with Crippen LogP contribution in [0, 0.1) is 5.82 Å². The maximum absolute atomic E-state index is 13.8. The van der Waals surface area contributed by atoms with Crippen LogP contribution < -0.4 is 0 Å². The second-order valence-corrected chi connectivity index (χ2v) is 8.77. The zero-order valence-electron chi connectivity index (χ0n) is 11.2. The summed E-state index contributed by atoms with van der Waals surface area (Å²) in [7, 11) is -7.90. The molecule has 21 heavy (non-hydrogen) atoms. The lowest BCUT2D eigenvalue weighted by molar-refractivity contribution is -0.120. The first-order valence-corrected chi connectivity index (χ1v) is 9.47. The molecule has 1 aliphatic rings. The molecule has 0 N–H and O–H groups in total. The maximum Gasteiger partial charge on any atom is 0.246 e. The molecule has 116 valence electrons. The van der Waals surface area contributed by atoms with Crippen LogP contribution in [-0.4, -0.2) is 46.3 Å². The highest BCUT2D eigenvalue weighted by atomic mass is 32.2. The Labute approximate surface area is 122 Å². The van der Waals surface area contributed by atoms with E-state index in [4.69, 9.17) is 0 Å². The molecule has 1 heterocycles. The number of ketones is 1. The van der Waals surface area contributed by atoms with E-state index in [1.165, 1.54) is 0 Å². The van der Waals surface area contributed by atoms with Crippen LogP contribution in [0.25, 0.3) is 0 Å². The molecular formula is C12H14FNO5S2.